The molecule has 0 radical (unpaired) electrons. The Morgan fingerprint density at radius 3 is 2.74 bits per heavy atom. The molecule has 0 aromatic carbocycles. The summed E-state index contributed by atoms with van der Waals surface area (Å²) in [6.07, 6.45) is 4.60. The normalized spacial score (nSPS) is 22.6. The van der Waals surface area contributed by atoms with E-state index in [9.17, 15) is 4.79 Å². The molecule has 2 aliphatic rings. The molecule has 23 heavy (non-hydrogen) atoms. The number of nitrogens with zero attached hydrogens (tertiary/aromatic N) is 4. The van der Waals surface area contributed by atoms with E-state index in [1.54, 1.807) is 0 Å². The number of likely N-dealkylation sites (tertiary alicyclic amines) is 1. The first-order valence-electron chi connectivity index (χ1n) is 8.66. The zero-order chi connectivity index (χ0) is 16.1. The number of nitrogens with two attached hydrogens (primary N) is 1. The molecule has 1 atom stereocenters. The van der Waals surface area contributed by atoms with E-state index in [0.717, 1.165) is 57.9 Å². The number of hydrogen-bond donors (Lipinski definition) is 1. The fourth-order valence-electron chi connectivity index (χ4n) is 3.55. The minimum Gasteiger partial charge on any atom is -0.354 e. The molecular formula is C17H27N5O. The van der Waals surface area contributed by atoms with E-state index in [0.29, 0.717) is 13.0 Å². The van der Waals surface area contributed by atoms with Gasteiger partial charge in [0.1, 0.15) is 5.82 Å². The van der Waals surface area contributed by atoms with Gasteiger partial charge in [-0.05, 0) is 25.0 Å². The van der Waals surface area contributed by atoms with Crippen molar-refractivity contribution in [2.24, 2.45) is 5.73 Å². The highest BCUT2D eigenvalue weighted by molar-refractivity contribution is 5.77. The highest BCUT2D eigenvalue weighted by Crippen LogP contribution is 2.18. The Bertz CT molecular complexity index is 501. The molecule has 2 N–H and O–H groups in total. The van der Waals surface area contributed by atoms with Gasteiger partial charge in [0.25, 0.3) is 0 Å². The van der Waals surface area contributed by atoms with Gasteiger partial charge in [-0.15, -0.1) is 0 Å². The third kappa shape index (κ3) is 4.00. The van der Waals surface area contributed by atoms with Crippen molar-refractivity contribution >= 4 is 11.7 Å². The van der Waals surface area contributed by atoms with Crippen molar-refractivity contribution in [2.75, 3.05) is 50.7 Å². The minimum atomic E-state index is 0.267. The predicted octanol–water partition coefficient (Wildman–Crippen LogP) is 0.543. The molecule has 0 bridgehead atoms. The van der Waals surface area contributed by atoms with Crippen molar-refractivity contribution in [3.05, 3.63) is 24.4 Å². The maximum absolute atomic E-state index is 12.4. The Morgan fingerprint density at radius 2 is 2.04 bits per heavy atom. The highest BCUT2D eigenvalue weighted by Gasteiger charge is 2.27. The number of amides is 1. The number of piperazine rings is 1. The van der Waals surface area contributed by atoms with Crippen LogP contribution < -0.4 is 10.6 Å². The molecule has 6 heteroatoms. The number of rotatable bonds is 5. The van der Waals surface area contributed by atoms with E-state index < -0.39 is 0 Å². The van der Waals surface area contributed by atoms with Crippen LogP contribution in [0.4, 0.5) is 5.82 Å². The highest BCUT2D eigenvalue weighted by atomic mass is 16.2. The van der Waals surface area contributed by atoms with E-state index in [2.05, 4.69) is 20.9 Å². The average molecular weight is 317 g/mol. The molecule has 0 aliphatic carbocycles. The van der Waals surface area contributed by atoms with Gasteiger partial charge in [-0.25, -0.2) is 4.98 Å². The van der Waals surface area contributed by atoms with Crippen molar-refractivity contribution in [1.82, 2.24) is 14.8 Å². The van der Waals surface area contributed by atoms with E-state index >= 15 is 0 Å². The molecule has 0 saturated carbocycles. The van der Waals surface area contributed by atoms with Gasteiger partial charge in [-0.2, -0.15) is 0 Å². The maximum atomic E-state index is 12.4. The van der Waals surface area contributed by atoms with Crippen LogP contribution in [0.25, 0.3) is 0 Å². The van der Waals surface area contributed by atoms with E-state index in [1.165, 1.54) is 0 Å². The smallest absolute Gasteiger partial charge is 0.224 e. The average Bonchev–Trinajstić information content (AvgIpc) is 3.10. The Morgan fingerprint density at radius 1 is 1.22 bits per heavy atom. The van der Waals surface area contributed by atoms with Crippen LogP contribution >= 0.6 is 0 Å². The van der Waals surface area contributed by atoms with Gasteiger partial charge in [-0.1, -0.05) is 6.07 Å². The van der Waals surface area contributed by atoms with Crippen LogP contribution in [-0.4, -0.2) is 72.5 Å². The molecule has 1 unspecified atom stereocenters. The molecule has 1 aromatic rings. The Hall–Kier alpha value is -1.66. The number of carbonyl (C=O) groups is 1. The van der Waals surface area contributed by atoms with Crippen molar-refractivity contribution in [2.45, 2.75) is 25.3 Å². The Labute approximate surface area is 138 Å². The van der Waals surface area contributed by atoms with Gasteiger partial charge in [0.2, 0.25) is 5.91 Å². The van der Waals surface area contributed by atoms with Crippen LogP contribution in [0.1, 0.15) is 19.3 Å². The molecule has 1 aromatic heterocycles. The number of pyridine rings is 1. The molecule has 2 fully saturated rings. The summed E-state index contributed by atoms with van der Waals surface area (Å²) in [6.45, 7) is 6.25. The summed E-state index contributed by atoms with van der Waals surface area (Å²) < 4.78 is 0. The standard InChI is InChI=1S/C17H27N5O/c18-14-15-4-3-8-22(15)17(23)6-9-20-10-12-21(13-11-20)16-5-1-2-7-19-16/h1-2,5,7,15H,3-4,6,8-14,18H2. The lowest BCUT2D eigenvalue weighted by Gasteiger charge is -2.35. The summed E-state index contributed by atoms with van der Waals surface area (Å²) in [6, 6.07) is 6.29. The summed E-state index contributed by atoms with van der Waals surface area (Å²) in [4.78, 5) is 23.5. The monoisotopic (exact) mass is 317 g/mol. The summed E-state index contributed by atoms with van der Waals surface area (Å²) >= 11 is 0. The quantitative estimate of drug-likeness (QED) is 0.859. The number of carbonyl (C=O) groups excluding carboxylic acids is 1. The van der Waals surface area contributed by atoms with Gasteiger partial charge < -0.3 is 15.5 Å². The minimum absolute atomic E-state index is 0.267. The first-order valence-corrected chi connectivity index (χ1v) is 8.66. The second-order valence-corrected chi connectivity index (χ2v) is 6.39. The van der Waals surface area contributed by atoms with Crippen molar-refractivity contribution < 1.29 is 4.79 Å². The molecule has 2 aliphatic heterocycles. The SMILES string of the molecule is NCC1CCCN1C(=O)CCN1CCN(c2ccccn2)CC1. The molecule has 3 heterocycles. The zero-order valence-electron chi connectivity index (χ0n) is 13.7. The lowest BCUT2D eigenvalue weighted by atomic mass is 10.2. The van der Waals surface area contributed by atoms with Crippen molar-refractivity contribution in [1.29, 1.82) is 0 Å². The lowest BCUT2D eigenvalue weighted by Crippen LogP contribution is -2.48. The van der Waals surface area contributed by atoms with E-state index in [-0.39, 0.29) is 11.9 Å². The van der Waals surface area contributed by atoms with Gasteiger partial charge in [0.05, 0.1) is 0 Å². The van der Waals surface area contributed by atoms with Gasteiger partial charge in [0, 0.05) is 64.5 Å². The predicted molar refractivity (Wildman–Crippen MR) is 91.3 cm³/mol. The lowest BCUT2D eigenvalue weighted by molar-refractivity contribution is -0.132. The van der Waals surface area contributed by atoms with Crippen LogP contribution in [-0.2, 0) is 4.79 Å². The molecule has 3 rings (SSSR count). The van der Waals surface area contributed by atoms with Gasteiger partial charge in [0.15, 0.2) is 0 Å². The molecule has 2 saturated heterocycles. The topological polar surface area (TPSA) is 65.7 Å². The third-order valence-corrected chi connectivity index (χ3v) is 4.96. The van der Waals surface area contributed by atoms with Gasteiger partial charge >= 0.3 is 0 Å². The van der Waals surface area contributed by atoms with Crippen LogP contribution in [0.15, 0.2) is 24.4 Å². The summed E-state index contributed by atoms with van der Waals surface area (Å²) in [5.74, 6) is 1.32. The number of aromatic nitrogens is 1. The first-order chi connectivity index (χ1) is 11.3. The van der Waals surface area contributed by atoms with Crippen LogP contribution in [0, 0.1) is 0 Å². The maximum Gasteiger partial charge on any atom is 0.224 e. The molecule has 0 spiro atoms. The zero-order valence-corrected chi connectivity index (χ0v) is 13.7. The number of hydrogen-bond acceptors (Lipinski definition) is 5. The first kappa shape index (κ1) is 16.2. The van der Waals surface area contributed by atoms with E-state index in [4.69, 9.17) is 5.73 Å². The third-order valence-electron chi connectivity index (χ3n) is 4.96. The number of anilines is 1. The molecular weight excluding hydrogens is 290 g/mol. The summed E-state index contributed by atoms with van der Waals surface area (Å²) in [5, 5.41) is 0. The Balaban J connectivity index is 1.42. The fourth-order valence-corrected chi connectivity index (χ4v) is 3.55. The van der Waals surface area contributed by atoms with E-state index in [1.807, 2.05) is 23.2 Å². The molecule has 126 valence electrons. The van der Waals surface area contributed by atoms with Gasteiger partial charge in [-0.3, -0.25) is 9.69 Å². The fraction of sp³-hybridized carbons (Fsp3) is 0.647. The Kier molecular flexibility index (Phi) is 5.46. The van der Waals surface area contributed by atoms with Crippen LogP contribution in [0.2, 0.25) is 0 Å². The van der Waals surface area contributed by atoms with Crippen molar-refractivity contribution in [3.63, 3.8) is 0 Å². The largest absolute Gasteiger partial charge is 0.354 e. The second kappa shape index (κ2) is 7.75. The van der Waals surface area contributed by atoms with Crippen LogP contribution in [0.3, 0.4) is 0 Å². The molecule has 6 nitrogen and oxygen atoms in total. The summed E-state index contributed by atoms with van der Waals surface area (Å²) in [7, 11) is 0. The summed E-state index contributed by atoms with van der Waals surface area (Å²) in [5.41, 5.74) is 5.76. The van der Waals surface area contributed by atoms with Crippen LogP contribution in [0.5, 0.6) is 0 Å². The molecule has 1 amide bonds. The second-order valence-electron chi connectivity index (χ2n) is 6.39. The van der Waals surface area contributed by atoms with Crippen molar-refractivity contribution in [3.8, 4) is 0 Å².